The van der Waals surface area contributed by atoms with E-state index in [4.69, 9.17) is 21.8 Å². The topological polar surface area (TPSA) is 142 Å². The zero-order valence-electron chi connectivity index (χ0n) is 14.8. The Balaban J connectivity index is 1.76. The summed E-state index contributed by atoms with van der Waals surface area (Å²) in [5, 5.41) is 22.5. The van der Waals surface area contributed by atoms with Crippen molar-refractivity contribution in [1.29, 1.82) is 10.5 Å². The number of rotatable bonds is 6. The third-order valence-corrected chi connectivity index (χ3v) is 4.95. The van der Waals surface area contributed by atoms with Gasteiger partial charge in [0.2, 0.25) is 5.91 Å². The van der Waals surface area contributed by atoms with Gasteiger partial charge in [-0.05, 0) is 24.3 Å². The highest BCUT2D eigenvalue weighted by Crippen LogP contribution is 2.35. The number of amides is 1. The lowest BCUT2D eigenvalue weighted by atomic mass is 10.0. The van der Waals surface area contributed by atoms with E-state index >= 15 is 0 Å². The Kier molecular flexibility index (Phi) is 6.35. The van der Waals surface area contributed by atoms with Gasteiger partial charge in [-0.25, -0.2) is 9.97 Å². The van der Waals surface area contributed by atoms with E-state index in [-0.39, 0.29) is 29.3 Å². The largest absolute Gasteiger partial charge is 0.464 e. The van der Waals surface area contributed by atoms with Crippen molar-refractivity contribution in [2.75, 3.05) is 16.8 Å². The van der Waals surface area contributed by atoms with Crippen LogP contribution >= 0.6 is 23.4 Å². The van der Waals surface area contributed by atoms with E-state index in [0.717, 1.165) is 0 Å². The molecule has 0 bridgehead atoms. The van der Waals surface area contributed by atoms with E-state index in [1.54, 1.807) is 24.3 Å². The average Bonchev–Trinajstić information content (AvgIpc) is 3.23. The Hall–Kier alpha value is -3.53. The smallest absolute Gasteiger partial charge is 0.226 e. The zero-order valence-corrected chi connectivity index (χ0v) is 16.4. The molecule has 0 atom stereocenters. The van der Waals surface area contributed by atoms with E-state index in [0.29, 0.717) is 32.9 Å². The Labute approximate surface area is 175 Å². The number of nitrogens with two attached hydrogens (primary N) is 1. The number of aromatic nitrogens is 2. The molecule has 1 amide bonds. The molecule has 0 aliphatic rings. The summed E-state index contributed by atoms with van der Waals surface area (Å²) in [7, 11) is 0. The van der Waals surface area contributed by atoms with E-state index in [1.807, 2.05) is 6.07 Å². The average molecular weight is 425 g/mol. The van der Waals surface area contributed by atoms with Crippen molar-refractivity contribution in [3.8, 4) is 23.5 Å². The summed E-state index contributed by atoms with van der Waals surface area (Å²) in [6, 6.07) is 10.5. The fraction of sp³-hybridized carbons (Fsp3) is 0.105. The Morgan fingerprint density at radius 2 is 2.07 bits per heavy atom. The number of nitriles is 2. The molecule has 8 nitrogen and oxygen atoms in total. The van der Waals surface area contributed by atoms with Gasteiger partial charge in [0.15, 0.2) is 0 Å². The number of anilines is 2. The summed E-state index contributed by atoms with van der Waals surface area (Å²) in [4.78, 5) is 20.3. The van der Waals surface area contributed by atoms with Gasteiger partial charge in [-0.15, -0.1) is 11.8 Å². The van der Waals surface area contributed by atoms with Crippen molar-refractivity contribution in [2.45, 2.75) is 11.4 Å². The quantitative estimate of drug-likeness (QED) is 0.568. The van der Waals surface area contributed by atoms with Crippen LogP contribution in [0.15, 0.2) is 46.2 Å². The highest BCUT2D eigenvalue weighted by atomic mass is 35.5. The summed E-state index contributed by atoms with van der Waals surface area (Å²) in [6.45, 7) is 0. The Morgan fingerprint density at radius 1 is 1.28 bits per heavy atom. The van der Waals surface area contributed by atoms with Crippen LogP contribution in [-0.4, -0.2) is 21.6 Å². The number of thioether (sulfide) groups is 1. The van der Waals surface area contributed by atoms with Crippen LogP contribution in [0, 0.1) is 22.7 Å². The Morgan fingerprint density at radius 3 is 2.69 bits per heavy atom. The predicted molar refractivity (Wildman–Crippen MR) is 109 cm³/mol. The molecule has 29 heavy (non-hydrogen) atoms. The van der Waals surface area contributed by atoms with Gasteiger partial charge in [0.1, 0.15) is 40.1 Å². The third kappa shape index (κ3) is 4.66. The molecule has 0 saturated carbocycles. The summed E-state index contributed by atoms with van der Waals surface area (Å²) in [5.41, 5.74) is 6.46. The molecule has 0 unspecified atom stereocenters. The minimum atomic E-state index is -0.251. The molecule has 0 spiro atoms. The number of halogens is 1. The van der Waals surface area contributed by atoms with Crippen LogP contribution in [0.25, 0.3) is 11.3 Å². The fourth-order valence-corrected chi connectivity index (χ4v) is 3.51. The number of hydrogen-bond acceptors (Lipinski definition) is 8. The fourth-order valence-electron chi connectivity index (χ4n) is 2.47. The molecule has 3 aromatic heterocycles. The predicted octanol–water partition coefficient (Wildman–Crippen LogP) is 3.84. The van der Waals surface area contributed by atoms with E-state index < -0.39 is 0 Å². The van der Waals surface area contributed by atoms with Crippen LogP contribution in [-0.2, 0) is 4.79 Å². The van der Waals surface area contributed by atoms with Crippen molar-refractivity contribution in [2.24, 2.45) is 0 Å². The molecule has 0 radical (unpaired) electrons. The molecule has 0 aliphatic carbocycles. The minimum absolute atomic E-state index is 0.00443. The highest BCUT2D eigenvalue weighted by Gasteiger charge is 2.22. The van der Waals surface area contributed by atoms with Crippen molar-refractivity contribution < 1.29 is 9.21 Å². The van der Waals surface area contributed by atoms with Crippen LogP contribution in [0.3, 0.4) is 0 Å². The number of hydrogen-bond donors (Lipinski definition) is 2. The maximum atomic E-state index is 12.1. The maximum Gasteiger partial charge on any atom is 0.226 e. The Bertz CT molecular complexity index is 1120. The van der Waals surface area contributed by atoms with E-state index in [2.05, 4.69) is 21.4 Å². The van der Waals surface area contributed by atoms with Gasteiger partial charge in [-0.1, -0.05) is 11.6 Å². The lowest BCUT2D eigenvalue weighted by Gasteiger charge is -2.11. The monoisotopic (exact) mass is 424 g/mol. The second kappa shape index (κ2) is 9.11. The van der Waals surface area contributed by atoms with Gasteiger partial charge < -0.3 is 15.5 Å². The summed E-state index contributed by atoms with van der Waals surface area (Å²) >= 11 is 6.95. The molecule has 0 aliphatic heterocycles. The molecular weight excluding hydrogens is 412 g/mol. The number of nitrogen functional groups attached to an aromatic ring is 1. The SMILES string of the molecule is N#Cc1c(N)nc(SCCC(=O)Nc2ccc(Cl)cn2)c(C#N)c1-c1ccco1. The van der Waals surface area contributed by atoms with Crippen LogP contribution < -0.4 is 11.1 Å². The molecule has 0 aromatic carbocycles. The van der Waals surface area contributed by atoms with Gasteiger partial charge in [0.25, 0.3) is 0 Å². The lowest BCUT2D eigenvalue weighted by Crippen LogP contribution is -2.13. The molecule has 144 valence electrons. The molecule has 3 heterocycles. The lowest BCUT2D eigenvalue weighted by molar-refractivity contribution is -0.115. The molecule has 3 N–H and O–H groups in total. The first-order valence-corrected chi connectivity index (χ1v) is 9.61. The van der Waals surface area contributed by atoms with Crippen molar-refractivity contribution in [3.63, 3.8) is 0 Å². The second-order valence-corrected chi connectivity index (χ2v) is 7.16. The van der Waals surface area contributed by atoms with Crippen molar-refractivity contribution in [1.82, 2.24) is 9.97 Å². The first kappa shape index (κ1) is 20.2. The van der Waals surface area contributed by atoms with Crippen LogP contribution in [0.4, 0.5) is 11.6 Å². The molecule has 0 fully saturated rings. The number of furan rings is 1. The second-order valence-electron chi connectivity index (χ2n) is 5.64. The van der Waals surface area contributed by atoms with Gasteiger partial charge in [0, 0.05) is 18.4 Å². The summed E-state index contributed by atoms with van der Waals surface area (Å²) in [6.07, 6.45) is 3.03. The zero-order chi connectivity index (χ0) is 20.8. The maximum absolute atomic E-state index is 12.1. The molecule has 3 aromatic rings. The molecule has 3 rings (SSSR count). The van der Waals surface area contributed by atoms with Gasteiger partial charge in [-0.2, -0.15) is 10.5 Å². The van der Waals surface area contributed by atoms with Crippen molar-refractivity contribution >= 4 is 40.9 Å². The number of nitrogens with zero attached hydrogens (tertiary/aromatic N) is 4. The number of nitrogens with one attached hydrogen (secondary N) is 1. The number of pyridine rings is 2. The van der Waals surface area contributed by atoms with Gasteiger partial charge >= 0.3 is 0 Å². The van der Waals surface area contributed by atoms with Crippen LogP contribution in [0.5, 0.6) is 0 Å². The van der Waals surface area contributed by atoms with Crippen LogP contribution in [0.2, 0.25) is 5.02 Å². The van der Waals surface area contributed by atoms with E-state index in [1.165, 1.54) is 24.2 Å². The number of carbonyl (C=O) groups is 1. The standard InChI is InChI=1S/C19H13ClN6O2S/c20-11-3-4-15(24-10-11)25-16(27)5-7-29-19-13(9-22)17(14-2-1-6-28-14)12(8-21)18(23)26-19/h1-4,6,10H,5,7H2,(H2,23,26)(H,24,25,27). The van der Waals surface area contributed by atoms with Gasteiger partial charge in [0.05, 0.1) is 22.4 Å². The molecule has 10 heteroatoms. The summed E-state index contributed by atoms with van der Waals surface area (Å²) < 4.78 is 5.36. The highest BCUT2D eigenvalue weighted by molar-refractivity contribution is 7.99. The minimum Gasteiger partial charge on any atom is -0.464 e. The first-order chi connectivity index (χ1) is 14.0. The number of carbonyl (C=O) groups excluding carboxylic acids is 1. The van der Waals surface area contributed by atoms with Crippen molar-refractivity contribution in [3.05, 3.63) is 52.9 Å². The van der Waals surface area contributed by atoms with Gasteiger partial charge in [-0.3, -0.25) is 4.79 Å². The summed E-state index contributed by atoms with van der Waals surface area (Å²) in [5.74, 6) is 0.821. The molecular formula is C19H13ClN6O2S. The third-order valence-electron chi connectivity index (χ3n) is 3.75. The van der Waals surface area contributed by atoms with Crippen LogP contribution in [0.1, 0.15) is 17.5 Å². The normalized spacial score (nSPS) is 10.2. The first-order valence-electron chi connectivity index (χ1n) is 8.25. The van der Waals surface area contributed by atoms with E-state index in [9.17, 15) is 15.3 Å². The molecule has 0 saturated heterocycles.